The molecular formula is C22H22N8O2. The highest BCUT2D eigenvalue weighted by molar-refractivity contribution is 5.98. The van der Waals surface area contributed by atoms with Crippen molar-refractivity contribution >= 4 is 17.9 Å². The first-order valence-electron chi connectivity index (χ1n) is 9.88. The summed E-state index contributed by atoms with van der Waals surface area (Å²) in [6, 6.07) is 17.1. The lowest BCUT2D eigenvalue weighted by atomic mass is 9.87. The van der Waals surface area contributed by atoms with Crippen LogP contribution in [0, 0.1) is 0 Å². The van der Waals surface area contributed by atoms with Gasteiger partial charge in [-0.3, -0.25) is 4.79 Å². The zero-order valence-electron chi connectivity index (χ0n) is 17.9. The number of nitrogen functional groups attached to an aromatic ring is 1. The molecule has 0 bridgehead atoms. The predicted molar refractivity (Wildman–Crippen MR) is 119 cm³/mol. The van der Waals surface area contributed by atoms with Crippen LogP contribution in [0.15, 0.2) is 64.3 Å². The Hall–Kier alpha value is -4.34. The molecular weight excluding hydrogens is 408 g/mol. The van der Waals surface area contributed by atoms with Crippen molar-refractivity contribution in [3.8, 4) is 17.1 Å². The van der Waals surface area contributed by atoms with Crippen LogP contribution in [0.5, 0.6) is 0 Å². The van der Waals surface area contributed by atoms with Crippen molar-refractivity contribution in [1.82, 2.24) is 30.7 Å². The van der Waals surface area contributed by atoms with Gasteiger partial charge in [-0.05, 0) is 26.9 Å². The van der Waals surface area contributed by atoms with Gasteiger partial charge in [0.15, 0.2) is 5.69 Å². The first kappa shape index (κ1) is 20.9. The fraction of sp³-hybridized carbons (Fsp3) is 0.182. The van der Waals surface area contributed by atoms with Gasteiger partial charge in [0.25, 0.3) is 5.91 Å². The Kier molecular flexibility index (Phi) is 5.50. The van der Waals surface area contributed by atoms with E-state index in [1.165, 1.54) is 10.2 Å². The van der Waals surface area contributed by atoms with E-state index in [0.717, 1.165) is 5.56 Å². The van der Waals surface area contributed by atoms with Gasteiger partial charge in [-0.25, -0.2) is 10.1 Å². The van der Waals surface area contributed by atoms with Crippen molar-refractivity contribution in [3.63, 3.8) is 0 Å². The summed E-state index contributed by atoms with van der Waals surface area (Å²) in [6.45, 7) is 6.45. The molecule has 0 aliphatic carbocycles. The van der Waals surface area contributed by atoms with Crippen molar-refractivity contribution in [1.29, 1.82) is 0 Å². The van der Waals surface area contributed by atoms with E-state index >= 15 is 0 Å². The van der Waals surface area contributed by atoms with E-state index < -0.39 is 5.91 Å². The number of rotatable bonds is 5. The highest BCUT2D eigenvalue weighted by atomic mass is 16.6. The Morgan fingerprint density at radius 2 is 1.81 bits per heavy atom. The monoisotopic (exact) mass is 430 g/mol. The van der Waals surface area contributed by atoms with Crippen molar-refractivity contribution < 1.29 is 9.42 Å². The third-order valence-corrected chi connectivity index (χ3v) is 4.79. The molecule has 10 nitrogen and oxygen atoms in total. The highest BCUT2D eigenvalue weighted by Gasteiger charge is 2.25. The summed E-state index contributed by atoms with van der Waals surface area (Å²) < 4.78 is 5.98. The molecule has 4 rings (SSSR count). The van der Waals surface area contributed by atoms with Gasteiger partial charge in [-0.2, -0.15) is 9.78 Å². The maximum atomic E-state index is 12.9. The van der Waals surface area contributed by atoms with Crippen LogP contribution in [0.2, 0.25) is 0 Å². The Balaban J connectivity index is 1.60. The molecule has 4 aromatic rings. The number of aromatic nitrogens is 5. The number of hydrogen-bond acceptors (Lipinski definition) is 8. The Morgan fingerprint density at radius 3 is 2.44 bits per heavy atom. The normalized spacial score (nSPS) is 11.7. The minimum atomic E-state index is -0.535. The second-order valence-corrected chi connectivity index (χ2v) is 8.11. The second-order valence-electron chi connectivity index (χ2n) is 8.11. The van der Waals surface area contributed by atoms with E-state index in [1.54, 1.807) is 6.21 Å². The van der Waals surface area contributed by atoms with Gasteiger partial charge in [-0.1, -0.05) is 80.6 Å². The highest BCUT2D eigenvalue weighted by Crippen LogP contribution is 2.26. The quantitative estimate of drug-likeness (QED) is 0.367. The van der Waals surface area contributed by atoms with Crippen LogP contribution in [0.1, 0.15) is 42.4 Å². The average molecular weight is 430 g/mol. The van der Waals surface area contributed by atoms with Gasteiger partial charge in [0.2, 0.25) is 11.6 Å². The fourth-order valence-electron chi connectivity index (χ4n) is 3.06. The molecule has 1 amide bonds. The van der Waals surface area contributed by atoms with Gasteiger partial charge in [0.1, 0.15) is 5.69 Å². The smallest absolute Gasteiger partial charge is 0.294 e. The fourth-order valence-corrected chi connectivity index (χ4v) is 3.06. The van der Waals surface area contributed by atoms with Crippen molar-refractivity contribution in [2.75, 3.05) is 5.73 Å². The largest absolute Gasteiger partial charge is 0.378 e. The number of nitrogens with two attached hydrogens (primary N) is 1. The van der Waals surface area contributed by atoms with Crippen LogP contribution >= 0.6 is 0 Å². The molecule has 10 heteroatoms. The van der Waals surface area contributed by atoms with E-state index in [0.29, 0.717) is 11.3 Å². The molecule has 0 fully saturated rings. The second kappa shape index (κ2) is 8.42. The zero-order chi connectivity index (χ0) is 22.7. The maximum Gasteiger partial charge on any atom is 0.294 e. The third-order valence-electron chi connectivity index (χ3n) is 4.79. The minimum Gasteiger partial charge on any atom is -0.378 e. The van der Waals surface area contributed by atoms with Crippen LogP contribution in [-0.2, 0) is 5.41 Å². The molecule has 0 saturated heterocycles. The molecule has 0 aliphatic rings. The predicted octanol–water partition coefficient (Wildman–Crippen LogP) is 2.96. The molecule has 0 atom stereocenters. The number of carbonyl (C=O) groups excluding carboxylic acids is 1. The molecule has 32 heavy (non-hydrogen) atoms. The van der Waals surface area contributed by atoms with E-state index in [1.807, 2.05) is 54.6 Å². The molecule has 0 radical (unpaired) electrons. The lowest BCUT2D eigenvalue weighted by Gasteiger charge is -2.18. The summed E-state index contributed by atoms with van der Waals surface area (Å²) in [5.74, 6) is -0.374. The molecule has 2 heterocycles. The number of hydrogen-bond donors (Lipinski definition) is 2. The number of anilines is 1. The summed E-state index contributed by atoms with van der Waals surface area (Å²) in [5.41, 5.74) is 11.6. The topological polar surface area (TPSA) is 137 Å². The van der Waals surface area contributed by atoms with E-state index in [2.05, 4.69) is 56.6 Å². The van der Waals surface area contributed by atoms with Gasteiger partial charge >= 0.3 is 0 Å². The lowest BCUT2D eigenvalue weighted by molar-refractivity contribution is 0.0950. The first-order valence-corrected chi connectivity index (χ1v) is 9.88. The number of benzene rings is 2. The number of carbonyl (C=O) groups is 1. The first-order chi connectivity index (χ1) is 15.3. The lowest BCUT2D eigenvalue weighted by Crippen LogP contribution is -2.19. The van der Waals surface area contributed by atoms with Gasteiger partial charge < -0.3 is 5.73 Å². The van der Waals surface area contributed by atoms with Crippen LogP contribution in [0.4, 0.5) is 5.82 Å². The SMILES string of the molecule is CC(C)(C)c1ccc(/C=N\NC(=O)c2nnn(-c3nonc3N)c2-c2ccccc2)cc1. The molecule has 162 valence electrons. The Labute approximate surface area is 184 Å². The number of nitrogens with zero attached hydrogens (tertiary/aromatic N) is 6. The molecule has 0 aliphatic heterocycles. The van der Waals surface area contributed by atoms with Crippen molar-refractivity contribution in [2.24, 2.45) is 5.10 Å². The summed E-state index contributed by atoms with van der Waals surface area (Å²) in [4.78, 5) is 12.9. The summed E-state index contributed by atoms with van der Waals surface area (Å²) in [7, 11) is 0. The van der Waals surface area contributed by atoms with Crippen LogP contribution < -0.4 is 11.2 Å². The molecule has 0 saturated carbocycles. The minimum absolute atomic E-state index is 0.0239. The van der Waals surface area contributed by atoms with E-state index in [-0.39, 0.29) is 22.7 Å². The Morgan fingerprint density at radius 1 is 1.09 bits per heavy atom. The van der Waals surface area contributed by atoms with Crippen molar-refractivity contribution in [2.45, 2.75) is 26.2 Å². The number of amides is 1. The molecule has 3 N–H and O–H groups in total. The maximum absolute atomic E-state index is 12.9. The molecule has 2 aromatic carbocycles. The number of hydrazone groups is 1. The molecule has 2 aromatic heterocycles. The van der Waals surface area contributed by atoms with Gasteiger partial charge in [0, 0.05) is 5.56 Å². The van der Waals surface area contributed by atoms with E-state index in [9.17, 15) is 4.79 Å². The average Bonchev–Trinajstić information content (AvgIpc) is 3.40. The summed E-state index contributed by atoms with van der Waals surface area (Å²) in [6.07, 6.45) is 1.57. The molecule has 0 unspecified atom stereocenters. The van der Waals surface area contributed by atoms with Crippen LogP contribution in [0.3, 0.4) is 0 Å². The van der Waals surface area contributed by atoms with E-state index in [4.69, 9.17) is 5.73 Å². The van der Waals surface area contributed by atoms with Gasteiger partial charge in [-0.15, -0.1) is 5.10 Å². The standard InChI is InChI=1S/C22H22N8O2/c1-22(2,3)16-11-9-14(10-12-16)13-24-26-21(31)17-18(15-7-5-4-6-8-15)30(29-25-17)20-19(23)27-32-28-20/h4-13H,1-3H3,(H2,23,27)(H,26,31)/b24-13-. The van der Waals surface area contributed by atoms with Gasteiger partial charge in [0.05, 0.1) is 6.21 Å². The van der Waals surface area contributed by atoms with Crippen LogP contribution in [0.25, 0.3) is 17.1 Å². The van der Waals surface area contributed by atoms with Crippen molar-refractivity contribution in [3.05, 3.63) is 71.4 Å². The third kappa shape index (κ3) is 4.24. The summed E-state index contributed by atoms with van der Waals surface area (Å²) >= 11 is 0. The number of nitrogens with one attached hydrogen (secondary N) is 1. The Bertz CT molecular complexity index is 1250. The summed E-state index contributed by atoms with van der Waals surface area (Å²) in [5, 5.41) is 19.4. The zero-order valence-corrected chi connectivity index (χ0v) is 17.9. The van der Waals surface area contributed by atoms with Crippen LogP contribution in [-0.4, -0.2) is 37.4 Å². The molecule has 0 spiro atoms.